The van der Waals surface area contributed by atoms with E-state index in [1.807, 2.05) is 0 Å². The van der Waals surface area contributed by atoms with Crippen LogP contribution in [0.4, 0.5) is 5.00 Å². The minimum atomic E-state index is -0.251. The number of anilines is 1. The van der Waals surface area contributed by atoms with Gasteiger partial charge in [0.1, 0.15) is 5.00 Å². The topological polar surface area (TPSA) is 50.4 Å². The van der Waals surface area contributed by atoms with Crippen LogP contribution in [0, 0.1) is 5.92 Å². The van der Waals surface area contributed by atoms with Crippen LogP contribution >= 0.6 is 23.6 Å². The number of hydrogen-bond acceptors (Lipinski definition) is 4. The van der Waals surface area contributed by atoms with Gasteiger partial charge in [-0.25, -0.2) is 4.79 Å². The second kappa shape index (κ2) is 9.18. The van der Waals surface area contributed by atoms with Gasteiger partial charge in [0, 0.05) is 10.9 Å². The van der Waals surface area contributed by atoms with Crippen LogP contribution in [0.3, 0.4) is 0 Å². The molecule has 2 aliphatic carbocycles. The van der Waals surface area contributed by atoms with Crippen LogP contribution in [-0.2, 0) is 17.6 Å². The standard InChI is InChI=1S/C20H30N2O2S2/c1-13-9-7-8-11-15(13)21-20(25)22-18-17(19(23)24-2)14-10-5-3-4-6-12-16(14)26-18/h13,15H,3-12H2,1-2H3,(H2,21,22,25). The summed E-state index contributed by atoms with van der Waals surface area (Å²) in [6.45, 7) is 2.29. The molecule has 0 spiro atoms. The number of carbonyl (C=O) groups is 1. The summed E-state index contributed by atoms with van der Waals surface area (Å²) in [5.41, 5.74) is 1.88. The van der Waals surface area contributed by atoms with Crippen molar-refractivity contribution in [3.63, 3.8) is 0 Å². The monoisotopic (exact) mass is 394 g/mol. The number of methoxy groups -OCH3 is 1. The van der Waals surface area contributed by atoms with E-state index < -0.39 is 0 Å². The number of fused-ring (bicyclic) bond motifs is 1. The van der Waals surface area contributed by atoms with Gasteiger partial charge in [0.15, 0.2) is 5.11 Å². The summed E-state index contributed by atoms with van der Waals surface area (Å²) in [7, 11) is 1.46. The highest BCUT2D eigenvalue weighted by molar-refractivity contribution is 7.80. The maximum atomic E-state index is 12.5. The fourth-order valence-electron chi connectivity index (χ4n) is 4.16. The molecule has 2 aliphatic rings. The van der Waals surface area contributed by atoms with E-state index in [4.69, 9.17) is 17.0 Å². The third-order valence-electron chi connectivity index (χ3n) is 5.72. The van der Waals surface area contributed by atoms with E-state index in [1.54, 1.807) is 11.3 Å². The lowest BCUT2D eigenvalue weighted by atomic mass is 9.86. The molecule has 1 fully saturated rings. The zero-order valence-corrected chi connectivity index (χ0v) is 17.5. The Bertz CT molecular complexity index is 656. The number of esters is 1. The van der Waals surface area contributed by atoms with E-state index in [2.05, 4.69) is 17.6 Å². The molecule has 1 aromatic heterocycles. The van der Waals surface area contributed by atoms with Gasteiger partial charge in [0.2, 0.25) is 0 Å². The maximum absolute atomic E-state index is 12.5. The number of ether oxygens (including phenoxy) is 1. The first kappa shape index (κ1) is 19.6. The number of aryl methyl sites for hydroxylation is 1. The molecule has 2 atom stereocenters. The Morgan fingerprint density at radius 2 is 1.85 bits per heavy atom. The van der Waals surface area contributed by atoms with E-state index in [1.165, 1.54) is 56.1 Å². The molecule has 0 radical (unpaired) electrons. The molecule has 6 heteroatoms. The SMILES string of the molecule is COC(=O)c1c(NC(=S)NC2CCCCC2C)sc2c1CCCCCC2. The summed E-state index contributed by atoms with van der Waals surface area (Å²) in [5, 5.41) is 8.29. The van der Waals surface area contributed by atoms with Crippen molar-refractivity contribution < 1.29 is 9.53 Å². The lowest BCUT2D eigenvalue weighted by molar-refractivity contribution is 0.0601. The minimum absolute atomic E-state index is 0.251. The first-order valence-electron chi connectivity index (χ1n) is 9.90. The normalized spacial score (nSPS) is 23.3. The first-order valence-corrected chi connectivity index (χ1v) is 11.1. The van der Waals surface area contributed by atoms with Crippen molar-refractivity contribution in [3.05, 3.63) is 16.0 Å². The Hall–Kier alpha value is -1.14. The zero-order valence-electron chi connectivity index (χ0n) is 15.9. The zero-order chi connectivity index (χ0) is 18.5. The number of hydrogen-bond donors (Lipinski definition) is 2. The van der Waals surface area contributed by atoms with Gasteiger partial charge in [-0.1, -0.05) is 32.6 Å². The molecule has 26 heavy (non-hydrogen) atoms. The van der Waals surface area contributed by atoms with Crippen LogP contribution in [0.25, 0.3) is 0 Å². The van der Waals surface area contributed by atoms with Gasteiger partial charge >= 0.3 is 5.97 Å². The molecule has 2 unspecified atom stereocenters. The summed E-state index contributed by atoms with van der Waals surface area (Å²) in [5.74, 6) is 0.381. The molecule has 0 amide bonds. The fraction of sp³-hybridized carbons (Fsp3) is 0.700. The molecule has 3 rings (SSSR count). The van der Waals surface area contributed by atoms with Gasteiger partial charge < -0.3 is 15.4 Å². The van der Waals surface area contributed by atoms with Crippen LogP contribution in [-0.4, -0.2) is 24.2 Å². The summed E-state index contributed by atoms with van der Waals surface area (Å²) in [6, 6.07) is 0.423. The van der Waals surface area contributed by atoms with Crippen LogP contribution in [0.1, 0.15) is 79.1 Å². The van der Waals surface area contributed by atoms with E-state index in [0.29, 0.717) is 22.6 Å². The summed E-state index contributed by atoms with van der Waals surface area (Å²) >= 11 is 7.26. The van der Waals surface area contributed by atoms with Crippen LogP contribution in [0.15, 0.2) is 0 Å². The highest BCUT2D eigenvalue weighted by Crippen LogP contribution is 2.37. The molecule has 1 aromatic rings. The molecule has 1 heterocycles. The van der Waals surface area contributed by atoms with E-state index in [9.17, 15) is 4.79 Å². The van der Waals surface area contributed by atoms with Gasteiger partial charge in [0.05, 0.1) is 12.7 Å². The quantitative estimate of drug-likeness (QED) is 0.554. The van der Waals surface area contributed by atoms with Crippen molar-refractivity contribution in [2.75, 3.05) is 12.4 Å². The van der Waals surface area contributed by atoms with Crippen LogP contribution < -0.4 is 10.6 Å². The van der Waals surface area contributed by atoms with Crippen molar-refractivity contribution in [2.45, 2.75) is 77.2 Å². The fourth-order valence-corrected chi connectivity index (χ4v) is 5.76. The molecule has 0 bridgehead atoms. The first-order chi connectivity index (χ1) is 12.6. The number of rotatable bonds is 3. The van der Waals surface area contributed by atoms with Crippen LogP contribution in [0.2, 0.25) is 0 Å². The maximum Gasteiger partial charge on any atom is 0.341 e. The van der Waals surface area contributed by atoms with E-state index >= 15 is 0 Å². The van der Waals surface area contributed by atoms with Gasteiger partial charge in [0.25, 0.3) is 0 Å². The molecule has 144 valence electrons. The largest absolute Gasteiger partial charge is 0.465 e. The highest BCUT2D eigenvalue weighted by Gasteiger charge is 2.26. The van der Waals surface area contributed by atoms with E-state index in [-0.39, 0.29) is 5.97 Å². The molecule has 0 aliphatic heterocycles. The number of carbonyl (C=O) groups excluding carboxylic acids is 1. The Morgan fingerprint density at radius 3 is 2.58 bits per heavy atom. The molecular weight excluding hydrogens is 364 g/mol. The minimum Gasteiger partial charge on any atom is -0.465 e. The summed E-state index contributed by atoms with van der Waals surface area (Å²) in [6.07, 6.45) is 11.8. The van der Waals surface area contributed by atoms with Gasteiger partial charge in [-0.3, -0.25) is 0 Å². The average molecular weight is 395 g/mol. The van der Waals surface area contributed by atoms with Gasteiger partial charge in [-0.2, -0.15) is 0 Å². The molecular formula is C20H30N2O2S2. The average Bonchev–Trinajstić information content (AvgIpc) is 2.92. The van der Waals surface area contributed by atoms with Crippen LogP contribution in [0.5, 0.6) is 0 Å². The van der Waals surface area contributed by atoms with Crippen molar-refractivity contribution in [3.8, 4) is 0 Å². The molecule has 2 N–H and O–H groups in total. The van der Waals surface area contributed by atoms with Gasteiger partial charge in [-0.15, -0.1) is 11.3 Å². The van der Waals surface area contributed by atoms with Crippen molar-refractivity contribution in [2.24, 2.45) is 5.92 Å². The predicted molar refractivity (Wildman–Crippen MR) is 112 cm³/mol. The number of nitrogens with one attached hydrogen (secondary N) is 2. The van der Waals surface area contributed by atoms with E-state index in [0.717, 1.165) is 30.7 Å². The summed E-state index contributed by atoms with van der Waals surface area (Å²) in [4.78, 5) is 13.8. The molecule has 0 saturated heterocycles. The molecule has 0 aromatic carbocycles. The lowest BCUT2D eigenvalue weighted by Gasteiger charge is -2.30. The predicted octanol–water partition coefficient (Wildman–Crippen LogP) is 5.06. The Morgan fingerprint density at radius 1 is 1.12 bits per heavy atom. The second-order valence-electron chi connectivity index (χ2n) is 7.58. The van der Waals surface area contributed by atoms with Crippen molar-refractivity contribution >= 4 is 39.6 Å². The highest BCUT2D eigenvalue weighted by atomic mass is 32.1. The third-order valence-corrected chi connectivity index (χ3v) is 7.14. The molecule has 1 saturated carbocycles. The molecule has 4 nitrogen and oxygen atoms in total. The lowest BCUT2D eigenvalue weighted by Crippen LogP contribution is -2.43. The third kappa shape index (κ3) is 4.58. The number of thiocarbonyl (C=S) groups is 1. The number of thiophene rings is 1. The Balaban J connectivity index is 1.78. The Kier molecular flexibility index (Phi) is 6.92. The van der Waals surface area contributed by atoms with Crippen molar-refractivity contribution in [1.29, 1.82) is 0 Å². The Labute approximate surface area is 166 Å². The van der Waals surface area contributed by atoms with Gasteiger partial charge in [-0.05, 0) is 62.2 Å². The smallest absolute Gasteiger partial charge is 0.341 e. The van der Waals surface area contributed by atoms with Crippen molar-refractivity contribution in [1.82, 2.24) is 5.32 Å². The second-order valence-corrected chi connectivity index (χ2v) is 9.09. The summed E-state index contributed by atoms with van der Waals surface area (Å²) < 4.78 is 5.09.